The van der Waals surface area contributed by atoms with Gasteiger partial charge in [0.1, 0.15) is 5.54 Å². The summed E-state index contributed by atoms with van der Waals surface area (Å²) in [5, 5.41) is 4.22. The number of carbonyl (C=O) groups excluding carboxylic acids is 2. The van der Waals surface area contributed by atoms with Gasteiger partial charge in [-0.15, -0.1) is 0 Å². The number of nitrogens with zero attached hydrogens (tertiary/aromatic N) is 4. The maximum atomic E-state index is 13.1. The molecule has 0 unspecified atom stereocenters. The minimum atomic E-state index is -1.03. The Morgan fingerprint density at radius 2 is 2.03 bits per heavy atom. The van der Waals surface area contributed by atoms with Crippen LogP contribution in [0.25, 0.3) is 11.3 Å². The van der Waals surface area contributed by atoms with Gasteiger partial charge < -0.3 is 15.5 Å². The maximum Gasteiger partial charge on any atom is 0.290 e. The van der Waals surface area contributed by atoms with Crippen LogP contribution >= 0.6 is 0 Å². The number of pyridine rings is 2. The van der Waals surface area contributed by atoms with E-state index in [1.807, 2.05) is 6.92 Å². The van der Waals surface area contributed by atoms with Crippen LogP contribution in [-0.2, 0) is 16.9 Å². The second-order valence-electron chi connectivity index (χ2n) is 7.89. The number of amides is 2. The summed E-state index contributed by atoms with van der Waals surface area (Å²) in [7, 11) is 1.42. The molecule has 3 N–H and O–H groups in total. The molecule has 0 radical (unpaired) electrons. The average molecular weight is 422 g/mol. The number of methoxy groups -OCH3 is 1. The summed E-state index contributed by atoms with van der Waals surface area (Å²) in [6.45, 7) is 5.41. The van der Waals surface area contributed by atoms with Crippen molar-refractivity contribution in [3.05, 3.63) is 57.9 Å². The molecule has 10 heteroatoms. The van der Waals surface area contributed by atoms with E-state index in [0.717, 1.165) is 5.56 Å². The van der Waals surface area contributed by atoms with E-state index in [0.29, 0.717) is 28.2 Å². The first-order valence-corrected chi connectivity index (χ1v) is 9.58. The summed E-state index contributed by atoms with van der Waals surface area (Å²) in [5.41, 5.74) is 7.85. The Hall–Kier alpha value is -3.95. The predicted octanol–water partition coefficient (Wildman–Crippen LogP) is 1.33. The quantitative estimate of drug-likeness (QED) is 0.637. The summed E-state index contributed by atoms with van der Waals surface area (Å²) < 4.78 is 6.54. The molecule has 1 aliphatic heterocycles. The van der Waals surface area contributed by atoms with E-state index in [2.05, 4.69) is 15.1 Å². The monoisotopic (exact) mass is 422 g/mol. The Kier molecular flexibility index (Phi) is 4.64. The molecule has 160 valence electrons. The SMILES string of the molecule is COc1cc(-c2cc(C)c3c(n2)CN(c2cnn(C(C)(C)C(N)=O)c2)C3=O)c[nH]c1=O. The van der Waals surface area contributed by atoms with Crippen LogP contribution in [0.15, 0.2) is 35.5 Å². The van der Waals surface area contributed by atoms with Gasteiger partial charge in [-0.25, -0.2) is 0 Å². The van der Waals surface area contributed by atoms with Gasteiger partial charge >= 0.3 is 0 Å². The molecular formula is C21H22N6O4. The van der Waals surface area contributed by atoms with E-state index in [-0.39, 0.29) is 23.8 Å². The smallest absolute Gasteiger partial charge is 0.290 e. The van der Waals surface area contributed by atoms with Crippen molar-refractivity contribution in [2.75, 3.05) is 12.0 Å². The first-order chi connectivity index (χ1) is 14.6. The number of anilines is 1. The molecule has 3 aromatic heterocycles. The fraction of sp³-hybridized carbons (Fsp3) is 0.286. The molecule has 31 heavy (non-hydrogen) atoms. The van der Waals surface area contributed by atoms with Crippen LogP contribution in [0.3, 0.4) is 0 Å². The highest BCUT2D eigenvalue weighted by atomic mass is 16.5. The highest BCUT2D eigenvalue weighted by molar-refractivity contribution is 6.10. The third kappa shape index (κ3) is 3.25. The number of ether oxygens (including phenoxy) is 1. The Morgan fingerprint density at radius 3 is 2.71 bits per heavy atom. The first kappa shape index (κ1) is 20.3. The van der Waals surface area contributed by atoms with Crippen molar-refractivity contribution < 1.29 is 14.3 Å². The van der Waals surface area contributed by atoms with E-state index in [4.69, 9.17) is 10.5 Å². The molecule has 1 aliphatic rings. The van der Waals surface area contributed by atoms with E-state index >= 15 is 0 Å². The molecule has 0 fully saturated rings. The third-order valence-electron chi connectivity index (χ3n) is 5.50. The molecule has 0 bridgehead atoms. The first-order valence-electron chi connectivity index (χ1n) is 9.58. The highest BCUT2D eigenvalue weighted by Crippen LogP contribution is 2.32. The molecule has 0 aromatic carbocycles. The van der Waals surface area contributed by atoms with E-state index in [9.17, 15) is 14.4 Å². The molecule has 4 heterocycles. The summed E-state index contributed by atoms with van der Waals surface area (Å²) in [5.74, 6) is -0.543. The number of aromatic amines is 1. The van der Waals surface area contributed by atoms with Gasteiger partial charge in [0.15, 0.2) is 5.75 Å². The van der Waals surface area contributed by atoms with Crippen molar-refractivity contribution in [1.29, 1.82) is 0 Å². The maximum absolute atomic E-state index is 13.1. The lowest BCUT2D eigenvalue weighted by Gasteiger charge is -2.21. The predicted molar refractivity (Wildman–Crippen MR) is 113 cm³/mol. The second-order valence-corrected chi connectivity index (χ2v) is 7.89. The zero-order valence-electron chi connectivity index (χ0n) is 17.6. The third-order valence-corrected chi connectivity index (χ3v) is 5.50. The van der Waals surface area contributed by atoms with Gasteiger partial charge in [0.25, 0.3) is 11.5 Å². The van der Waals surface area contributed by atoms with Crippen LogP contribution in [0.2, 0.25) is 0 Å². The number of nitrogens with one attached hydrogen (secondary N) is 1. The lowest BCUT2D eigenvalue weighted by Crippen LogP contribution is -2.41. The molecule has 0 spiro atoms. The molecule has 3 aromatic rings. The minimum absolute atomic E-state index is 0.180. The number of nitrogens with two attached hydrogens (primary N) is 1. The van der Waals surface area contributed by atoms with E-state index < -0.39 is 11.4 Å². The van der Waals surface area contributed by atoms with Gasteiger partial charge in [-0.3, -0.25) is 28.9 Å². The fourth-order valence-electron chi connectivity index (χ4n) is 3.49. The zero-order chi connectivity index (χ0) is 22.5. The number of aryl methyl sites for hydroxylation is 1. The Morgan fingerprint density at radius 1 is 1.29 bits per heavy atom. The Labute approximate surface area is 177 Å². The average Bonchev–Trinajstić information content (AvgIpc) is 3.33. The van der Waals surface area contributed by atoms with Crippen molar-refractivity contribution in [2.45, 2.75) is 32.9 Å². The normalized spacial score (nSPS) is 13.4. The number of rotatable bonds is 5. The number of fused-ring (bicyclic) bond motifs is 1. The number of hydrogen-bond donors (Lipinski definition) is 2. The molecule has 0 saturated carbocycles. The van der Waals surface area contributed by atoms with Gasteiger partial charge in [0, 0.05) is 18.0 Å². The fourth-order valence-corrected chi connectivity index (χ4v) is 3.49. The van der Waals surface area contributed by atoms with Gasteiger partial charge in [-0.2, -0.15) is 5.10 Å². The molecule has 0 saturated heterocycles. The van der Waals surface area contributed by atoms with Gasteiger partial charge in [-0.05, 0) is 38.5 Å². The molecule has 0 aliphatic carbocycles. The van der Waals surface area contributed by atoms with Gasteiger partial charge in [-0.1, -0.05) is 0 Å². The van der Waals surface area contributed by atoms with Crippen molar-refractivity contribution in [3.8, 4) is 17.0 Å². The van der Waals surface area contributed by atoms with Gasteiger partial charge in [0.2, 0.25) is 5.91 Å². The summed E-state index contributed by atoms with van der Waals surface area (Å²) in [6.07, 6.45) is 4.71. The van der Waals surface area contributed by atoms with Crippen molar-refractivity contribution in [3.63, 3.8) is 0 Å². The van der Waals surface area contributed by atoms with E-state index in [1.54, 1.807) is 43.3 Å². The lowest BCUT2D eigenvalue weighted by atomic mass is 10.1. The Bertz CT molecular complexity index is 1270. The molecule has 10 nitrogen and oxygen atoms in total. The number of hydrogen-bond acceptors (Lipinski definition) is 6. The van der Waals surface area contributed by atoms with E-state index in [1.165, 1.54) is 18.0 Å². The Balaban J connectivity index is 1.70. The molecule has 0 atom stereocenters. The second kappa shape index (κ2) is 7.08. The molecule has 4 rings (SSSR count). The number of H-pyrrole nitrogens is 1. The number of carbonyl (C=O) groups is 2. The van der Waals surface area contributed by atoms with Crippen molar-refractivity contribution >= 4 is 17.5 Å². The van der Waals surface area contributed by atoms with Crippen LogP contribution in [0.1, 0.15) is 35.5 Å². The summed E-state index contributed by atoms with van der Waals surface area (Å²) in [4.78, 5) is 45.4. The number of primary amides is 1. The van der Waals surface area contributed by atoms with Crippen molar-refractivity contribution in [1.82, 2.24) is 19.7 Å². The van der Waals surface area contributed by atoms with Crippen molar-refractivity contribution in [2.24, 2.45) is 5.73 Å². The highest BCUT2D eigenvalue weighted by Gasteiger charge is 2.34. The van der Waals surface area contributed by atoms with Crippen LogP contribution < -0.4 is 20.9 Å². The van der Waals surface area contributed by atoms with Gasteiger partial charge in [0.05, 0.1) is 42.5 Å². The molecule has 2 amide bonds. The standard InChI is InChI=1S/C21H22N6O4/c1-11-5-14(12-6-16(31-4)18(28)23-7-12)25-15-10-26(19(29)17(11)15)13-8-24-27(9-13)21(2,3)20(22)30/h5-9H,10H2,1-4H3,(H2,22,30)(H,23,28). The largest absolute Gasteiger partial charge is 0.491 e. The number of aromatic nitrogens is 4. The summed E-state index contributed by atoms with van der Waals surface area (Å²) >= 11 is 0. The molecular weight excluding hydrogens is 400 g/mol. The zero-order valence-corrected chi connectivity index (χ0v) is 17.6. The lowest BCUT2D eigenvalue weighted by molar-refractivity contribution is -0.125. The van der Waals surface area contributed by atoms with Crippen LogP contribution in [0, 0.1) is 6.92 Å². The van der Waals surface area contributed by atoms with Crippen LogP contribution in [-0.4, -0.2) is 38.7 Å². The van der Waals surface area contributed by atoms with Crippen LogP contribution in [0.4, 0.5) is 5.69 Å². The van der Waals surface area contributed by atoms with Crippen LogP contribution in [0.5, 0.6) is 5.75 Å². The topological polar surface area (TPSA) is 136 Å². The minimum Gasteiger partial charge on any atom is -0.491 e. The summed E-state index contributed by atoms with van der Waals surface area (Å²) in [6, 6.07) is 3.41.